The number of nitrogens with one attached hydrogen (secondary N) is 2. The van der Waals surface area contributed by atoms with Crippen LogP contribution in [0.25, 0.3) is 5.69 Å². The molecule has 6 nitrogen and oxygen atoms in total. The van der Waals surface area contributed by atoms with Crippen LogP contribution in [0.15, 0.2) is 54.2 Å². The maximum Gasteiger partial charge on any atom is 0.418 e. The zero-order chi connectivity index (χ0) is 20.9. The molecule has 2 N–H and O–H groups in total. The molecule has 0 radical (unpaired) electrons. The number of carbonyl (C=O) groups is 2. The van der Waals surface area contributed by atoms with E-state index >= 15 is 0 Å². The first-order chi connectivity index (χ1) is 13.8. The standard InChI is InChI=1S/C19H17F3N4O2S/c20-19(21,22)14-12-13(26-10-3-9-24-26)6-7-15(14)25-17(27)5-1-8-23-18(28)16-4-2-11-29-16/h2-4,6-7,9-12H,1,5,8H2,(H,23,28)(H,25,27). The summed E-state index contributed by atoms with van der Waals surface area (Å²) in [5.74, 6) is -0.804. The first-order valence-corrected chi connectivity index (χ1v) is 9.55. The predicted octanol–water partition coefficient (Wildman–Crippen LogP) is 4.10. The molecule has 0 bridgehead atoms. The van der Waals surface area contributed by atoms with Gasteiger partial charge in [-0.1, -0.05) is 6.07 Å². The van der Waals surface area contributed by atoms with Gasteiger partial charge in [-0.3, -0.25) is 9.59 Å². The van der Waals surface area contributed by atoms with Gasteiger partial charge in [-0.25, -0.2) is 4.68 Å². The summed E-state index contributed by atoms with van der Waals surface area (Å²) < 4.78 is 41.6. The zero-order valence-electron chi connectivity index (χ0n) is 15.1. The average Bonchev–Trinajstić information content (AvgIpc) is 3.38. The third kappa shape index (κ3) is 5.44. The molecule has 0 saturated heterocycles. The summed E-state index contributed by atoms with van der Waals surface area (Å²) in [5.41, 5.74) is -1.04. The molecule has 0 unspecified atom stereocenters. The lowest BCUT2D eigenvalue weighted by atomic mass is 10.1. The molecule has 10 heteroatoms. The van der Waals surface area contributed by atoms with Crippen molar-refractivity contribution in [3.8, 4) is 5.69 Å². The smallest absolute Gasteiger partial charge is 0.351 e. The largest absolute Gasteiger partial charge is 0.418 e. The summed E-state index contributed by atoms with van der Waals surface area (Å²) in [4.78, 5) is 24.4. The van der Waals surface area contributed by atoms with Crippen molar-refractivity contribution < 1.29 is 22.8 Å². The Morgan fingerprint density at radius 1 is 1.17 bits per heavy atom. The van der Waals surface area contributed by atoms with E-state index in [4.69, 9.17) is 0 Å². The van der Waals surface area contributed by atoms with Crippen LogP contribution in [0.5, 0.6) is 0 Å². The van der Waals surface area contributed by atoms with E-state index < -0.39 is 17.6 Å². The molecule has 29 heavy (non-hydrogen) atoms. The van der Waals surface area contributed by atoms with Crippen molar-refractivity contribution in [3.05, 3.63) is 64.6 Å². The minimum absolute atomic E-state index is 0.0249. The number of benzene rings is 1. The van der Waals surface area contributed by atoms with Crippen LogP contribution in [0.1, 0.15) is 28.1 Å². The van der Waals surface area contributed by atoms with E-state index in [0.717, 1.165) is 6.07 Å². The number of nitrogens with zero attached hydrogens (tertiary/aromatic N) is 2. The van der Waals surface area contributed by atoms with Crippen molar-refractivity contribution in [2.75, 3.05) is 11.9 Å². The molecule has 2 heterocycles. The van der Waals surface area contributed by atoms with Crippen molar-refractivity contribution in [1.82, 2.24) is 15.1 Å². The van der Waals surface area contributed by atoms with E-state index in [1.165, 1.54) is 40.5 Å². The SMILES string of the molecule is O=C(CCCNC(=O)c1cccs1)Nc1ccc(-n2cccn2)cc1C(F)(F)F. The maximum absolute atomic E-state index is 13.4. The maximum atomic E-state index is 13.4. The van der Waals surface area contributed by atoms with Crippen molar-refractivity contribution in [2.24, 2.45) is 0 Å². The molecule has 0 spiro atoms. The third-order valence-electron chi connectivity index (χ3n) is 3.96. The van der Waals surface area contributed by atoms with Gasteiger partial charge in [-0.05, 0) is 42.1 Å². The molecule has 152 valence electrons. The van der Waals surface area contributed by atoms with Crippen LogP contribution in [-0.2, 0) is 11.0 Å². The molecule has 0 atom stereocenters. The number of carbonyl (C=O) groups excluding carboxylic acids is 2. The van der Waals surface area contributed by atoms with E-state index in [-0.39, 0.29) is 30.2 Å². The van der Waals surface area contributed by atoms with Gasteiger partial charge in [-0.15, -0.1) is 11.3 Å². The molecule has 0 fully saturated rings. The van der Waals surface area contributed by atoms with Crippen LogP contribution < -0.4 is 10.6 Å². The highest BCUT2D eigenvalue weighted by molar-refractivity contribution is 7.12. The highest BCUT2D eigenvalue weighted by Crippen LogP contribution is 2.36. The lowest BCUT2D eigenvalue weighted by Gasteiger charge is -2.15. The van der Waals surface area contributed by atoms with E-state index in [2.05, 4.69) is 15.7 Å². The summed E-state index contributed by atoms with van der Waals surface area (Å²) in [5, 5.41) is 10.7. The van der Waals surface area contributed by atoms with Gasteiger partial charge in [0.1, 0.15) is 0 Å². The number of hydrogen-bond donors (Lipinski definition) is 2. The van der Waals surface area contributed by atoms with E-state index in [9.17, 15) is 22.8 Å². The second-order valence-electron chi connectivity index (χ2n) is 6.06. The van der Waals surface area contributed by atoms with E-state index in [1.54, 1.807) is 23.6 Å². The summed E-state index contributed by atoms with van der Waals surface area (Å²) in [7, 11) is 0. The number of thiophene rings is 1. The number of halogens is 3. The molecule has 0 saturated carbocycles. The van der Waals surface area contributed by atoms with Gasteiger partial charge in [0.2, 0.25) is 5.91 Å². The fraction of sp³-hybridized carbons (Fsp3) is 0.211. The van der Waals surface area contributed by atoms with Crippen molar-refractivity contribution in [1.29, 1.82) is 0 Å². The van der Waals surface area contributed by atoms with Crippen LogP contribution in [-0.4, -0.2) is 28.1 Å². The summed E-state index contributed by atoms with van der Waals surface area (Å²) >= 11 is 1.30. The van der Waals surface area contributed by atoms with E-state index in [0.29, 0.717) is 11.3 Å². The topological polar surface area (TPSA) is 76.0 Å². The molecule has 1 aromatic carbocycles. The highest BCUT2D eigenvalue weighted by atomic mass is 32.1. The van der Waals surface area contributed by atoms with Crippen LogP contribution in [0.4, 0.5) is 18.9 Å². The number of anilines is 1. The number of alkyl halides is 3. The average molecular weight is 422 g/mol. The van der Waals surface area contributed by atoms with Crippen LogP contribution >= 0.6 is 11.3 Å². The zero-order valence-corrected chi connectivity index (χ0v) is 15.9. The van der Waals surface area contributed by atoms with Gasteiger partial charge in [0.15, 0.2) is 0 Å². The summed E-state index contributed by atoms with van der Waals surface area (Å²) in [6.45, 7) is 0.245. The second-order valence-corrected chi connectivity index (χ2v) is 7.01. The Hall–Kier alpha value is -3.14. The Kier molecular flexibility index (Phi) is 6.32. The minimum Gasteiger partial charge on any atom is -0.351 e. The Balaban J connectivity index is 1.58. The van der Waals surface area contributed by atoms with Gasteiger partial charge < -0.3 is 10.6 Å². The molecule has 3 aromatic rings. The fourth-order valence-electron chi connectivity index (χ4n) is 2.60. The number of amides is 2. The number of hydrogen-bond acceptors (Lipinski definition) is 4. The molecule has 2 aromatic heterocycles. The highest BCUT2D eigenvalue weighted by Gasteiger charge is 2.34. The molecule has 0 aliphatic rings. The van der Waals surface area contributed by atoms with Gasteiger partial charge in [0, 0.05) is 25.4 Å². The van der Waals surface area contributed by atoms with E-state index in [1.807, 2.05) is 0 Å². The van der Waals surface area contributed by atoms with Gasteiger partial charge in [-0.2, -0.15) is 18.3 Å². The van der Waals surface area contributed by atoms with Gasteiger partial charge in [0.05, 0.1) is 21.8 Å². The van der Waals surface area contributed by atoms with Gasteiger partial charge >= 0.3 is 6.18 Å². The number of aromatic nitrogens is 2. The lowest BCUT2D eigenvalue weighted by molar-refractivity contribution is -0.137. The second kappa shape index (κ2) is 8.91. The molecule has 0 aliphatic carbocycles. The Morgan fingerprint density at radius 3 is 2.66 bits per heavy atom. The summed E-state index contributed by atoms with van der Waals surface area (Å²) in [6.07, 6.45) is -1.38. The summed E-state index contributed by atoms with van der Waals surface area (Å²) in [6, 6.07) is 8.61. The molecule has 2 amide bonds. The molecular formula is C19H17F3N4O2S. The Morgan fingerprint density at radius 2 is 2.00 bits per heavy atom. The Bertz CT molecular complexity index is 970. The Labute approximate surface area is 168 Å². The van der Waals surface area contributed by atoms with Crippen molar-refractivity contribution >= 4 is 28.8 Å². The molecule has 0 aliphatic heterocycles. The normalized spacial score (nSPS) is 11.3. The van der Waals surface area contributed by atoms with Gasteiger partial charge in [0.25, 0.3) is 5.91 Å². The molecular weight excluding hydrogens is 405 g/mol. The van der Waals surface area contributed by atoms with Crippen LogP contribution in [0.2, 0.25) is 0 Å². The first-order valence-electron chi connectivity index (χ1n) is 8.67. The fourth-order valence-corrected chi connectivity index (χ4v) is 3.24. The van der Waals surface area contributed by atoms with Crippen molar-refractivity contribution in [2.45, 2.75) is 19.0 Å². The van der Waals surface area contributed by atoms with Crippen LogP contribution in [0, 0.1) is 0 Å². The predicted molar refractivity (Wildman–Crippen MR) is 103 cm³/mol. The minimum atomic E-state index is -4.64. The van der Waals surface area contributed by atoms with Crippen LogP contribution in [0.3, 0.4) is 0 Å². The first kappa shape index (κ1) is 20.6. The van der Waals surface area contributed by atoms with Crippen molar-refractivity contribution in [3.63, 3.8) is 0 Å². The number of rotatable bonds is 7. The monoisotopic (exact) mass is 422 g/mol. The third-order valence-corrected chi connectivity index (χ3v) is 4.83. The molecule has 3 rings (SSSR count). The lowest BCUT2D eigenvalue weighted by Crippen LogP contribution is -2.25. The quantitative estimate of drug-likeness (QED) is 0.563.